The van der Waals surface area contributed by atoms with E-state index in [1.807, 2.05) is 0 Å². The fraction of sp³-hybridized carbons (Fsp3) is 1.00. The van der Waals surface area contributed by atoms with Crippen LogP contribution in [-0.2, 0) is 4.74 Å². The van der Waals surface area contributed by atoms with Crippen LogP contribution in [0, 0.1) is 5.92 Å². The highest BCUT2D eigenvalue weighted by Gasteiger charge is 2.21. The van der Waals surface area contributed by atoms with Gasteiger partial charge in [0.1, 0.15) is 0 Å². The van der Waals surface area contributed by atoms with Gasteiger partial charge in [-0.1, -0.05) is 26.2 Å². The standard InChI is InChI=1S/C12H25NO/c1-4-13-12(9-14-10(2)3)8-11-6-5-7-11/h10-13H,4-9H2,1-3H3. The van der Waals surface area contributed by atoms with Crippen molar-refractivity contribution in [1.82, 2.24) is 5.32 Å². The monoisotopic (exact) mass is 199 g/mol. The van der Waals surface area contributed by atoms with E-state index in [-0.39, 0.29) is 0 Å². The van der Waals surface area contributed by atoms with Crippen LogP contribution < -0.4 is 5.32 Å². The SMILES string of the molecule is CCNC(COC(C)C)CC1CCC1. The Hall–Kier alpha value is -0.0800. The highest BCUT2D eigenvalue weighted by atomic mass is 16.5. The topological polar surface area (TPSA) is 21.3 Å². The van der Waals surface area contributed by atoms with Crippen LogP contribution >= 0.6 is 0 Å². The minimum absolute atomic E-state index is 0.359. The highest BCUT2D eigenvalue weighted by Crippen LogP contribution is 2.30. The van der Waals surface area contributed by atoms with E-state index in [1.54, 1.807) is 0 Å². The molecule has 1 unspecified atom stereocenters. The normalized spacial score (nSPS) is 19.7. The van der Waals surface area contributed by atoms with Crippen LogP contribution in [0.2, 0.25) is 0 Å². The summed E-state index contributed by atoms with van der Waals surface area (Å²) in [6, 6.07) is 0.577. The van der Waals surface area contributed by atoms with Gasteiger partial charge in [-0.25, -0.2) is 0 Å². The Bertz CT molecular complexity index is 143. The van der Waals surface area contributed by atoms with E-state index in [0.29, 0.717) is 12.1 Å². The minimum Gasteiger partial charge on any atom is -0.377 e. The van der Waals surface area contributed by atoms with Crippen molar-refractivity contribution in [2.45, 2.75) is 58.6 Å². The lowest BCUT2D eigenvalue weighted by Crippen LogP contribution is -2.37. The molecule has 0 heterocycles. The van der Waals surface area contributed by atoms with Crippen LogP contribution in [0.3, 0.4) is 0 Å². The zero-order valence-electron chi connectivity index (χ0n) is 9.88. The molecular weight excluding hydrogens is 174 g/mol. The Morgan fingerprint density at radius 3 is 2.50 bits per heavy atom. The van der Waals surface area contributed by atoms with Gasteiger partial charge < -0.3 is 10.1 Å². The van der Waals surface area contributed by atoms with Crippen molar-refractivity contribution in [2.24, 2.45) is 5.92 Å². The van der Waals surface area contributed by atoms with Crippen molar-refractivity contribution >= 4 is 0 Å². The average molecular weight is 199 g/mol. The number of rotatable bonds is 7. The molecule has 0 radical (unpaired) electrons. The van der Waals surface area contributed by atoms with Gasteiger partial charge in [-0.15, -0.1) is 0 Å². The largest absolute Gasteiger partial charge is 0.377 e. The van der Waals surface area contributed by atoms with Gasteiger partial charge in [0.05, 0.1) is 12.7 Å². The van der Waals surface area contributed by atoms with Gasteiger partial charge in [0.15, 0.2) is 0 Å². The molecule has 0 aromatic heterocycles. The lowest BCUT2D eigenvalue weighted by Gasteiger charge is -2.30. The van der Waals surface area contributed by atoms with Crippen molar-refractivity contribution in [2.75, 3.05) is 13.2 Å². The number of ether oxygens (including phenoxy) is 1. The summed E-state index contributed by atoms with van der Waals surface area (Å²) in [7, 11) is 0. The van der Waals surface area contributed by atoms with Crippen LogP contribution in [0.15, 0.2) is 0 Å². The van der Waals surface area contributed by atoms with Gasteiger partial charge in [-0.3, -0.25) is 0 Å². The van der Waals surface area contributed by atoms with E-state index in [4.69, 9.17) is 4.74 Å². The van der Waals surface area contributed by atoms with E-state index in [9.17, 15) is 0 Å². The highest BCUT2D eigenvalue weighted by molar-refractivity contribution is 4.77. The Morgan fingerprint density at radius 2 is 2.07 bits per heavy atom. The Morgan fingerprint density at radius 1 is 1.36 bits per heavy atom. The molecule has 2 heteroatoms. The first kappa shape index (κ1) is 12.0. The molecule has 1 rings (SSSR count). The summed E-state index contributed by atoms with van der Waals surface area (Å²) in [5.74, 6) is 0.967. The van der Waals surface area contributed by atoms with Gasteiger partial charge in [-0.2, -0.15) is 0 Å². The summed E-state index contributed by atoms with van der Waals surface area (Å²) in [5, 5.41) is 3.51. The van der Waals surface area contributed by atoms with E-state index in [1.165, 1.54) is 25.7 Å². The molecule has 0 aliphatic heterocycles. The van der Waals surface area contributed by atoms with E-state index in [2.05, 4.69) is 26.1 Å². The van der Waals surface area contributed by atoms with Crippen molar-refractivity contribution in [1.29, 1.82) is 0 Å². The third kappa shape index (κ3) is 4.43. The zero-order valence-corrected chi connectivity index (χ0v) is 9.88. The summed E-state index contributed by atoms with van der Waals surface area (Å²) in [4.78, 5) is 0. The maximum Gasteiger partial charge on any atom is 0.0623 e. The molecule has 1 fully saturated rings. The summed E-state index contributed by atoms with van der Waals surface area (Å²) in [6.07, 6.45) is 5.97. The molecule has 0 amide bonds. The number of hydrogen-bond donors (Lipinski definition) is 1. The van der Waals surface area contributed by atoms with E-state index in [0.717, 1.165) is 19.1 Å². The van der Waals surface area contributed by atoms with Crippen molar-refractivity contribution in [3.8, 4) is 0 Å². The lowest BCUT2D eigenvalue weighted by molar-refractivity contribution is 0.0527. The third-order valence-electron chi connectivity index (χ3n) is 2.97. The van der Waals surface area contributed by atoms with Crippen molar-refractivity contribution < 1.29 is 4.74 Å². The molecule has 0 saturated heterocycles. The van der Waals surface area contributed by atoms with Crippen LogP contribution in [-0.4, -0.2) is 25.3 Å². The molecule has 1 saturated carbocycles. The quantitative estimate of drug-likeness (QED) is 0.680. The molecule has 1 aliphatic rings. The molecule has 0 aromatic rings. The molecule has 0 spiro atoms. The Balaban J connectivity index is 2.15. The molecule has 84 valence electrons. The minimum atomic E-state index is 0.359. The van der Waals surface area contributed by atoms with Gasteiger partial charge in [-0.05, 0) is 32.7 Å². The predicted molar refractivity (Wildman–Crippen MR) is 60.5 cm³/mol. The Kier molecular flexibility index (Phi) is 5.49. The first-order valence-electron chi connectivity index (χ1n) is 6.07. The molecule has 1 atom stereocenters. The maximum absolute atomic E-state index is 5.66. The summed E-state index contributed by atoms with van der Waals surface area (Å²) in [6.45, 7) is 8.31. The van der Waals surface area contributed by atoms with E-state index >= 15 is 0 Å². The first-order valence-corrected chi connectivity index (χ1v) is 6.07. The molecular formula is C12H25NO. The van der Waals surface area contributed by atoms with Crippen molar-refractivity contribution in [3.63, 3.8) is 0 Å². The predicted octanol–water partition coefficient (Wildman–Crippen LogP) is 2.58. The third-order valence-corrected chi connectivity index (χ3v) is 2.97. The second kappa shape index (κ2) is 6.41. The second-order valence-electron chi connectivity index (χ2n) is 4.67. The smallest absolute Gasteiger partial charge is 0.0623 e. The summed E-state index contributed by atoms with van der Waals surface area (Å²) in [5.41, 5.74) is 0. The summed E-state index contributed by atoms with van der Waals surface area (Å²) >= 11 is 0. The number of likely N-dealkylation sites (N-methyl/N-ethyl adjacent to an activating group) is 1. The lowest BCUT2D eigenvalue weighted by atomic mass is 9.81. The first-order chi connectivity index (χ1) is 6.72. The maximum atomic E-state index is 5.66. The molecule has 0 bridgehead atoms. The molecule has 0 aromatic carbocycles. The molecule has 1 N–H and O–H groups in total. The Labute approximate surface area is 88.4 Å². The zero-order chi connectivity index (χ0) is 10.4. The fourth-order valence-electron chi connectivity index (χ4n) is 1.94. The van der Waals surface area contributed by atoms with Crippen LogP contribution in [0.1, 0.15) is 46.5 Å². The number of nitrogens with one attached hydrogen (secondary N) is 1. The molecule has 2 nitrogen and oxygen atoms in total. The van der Waals surface area contributed by atoms with E-state index < -0.39 is 0 Å². The van der Waals surface area contributed by atoms with Crippen LogP contribution in [0.5, 0.6) is 0 Å². The van der Waals surface area contributed by atoms with Gasteiger partial charge in [0, 0.05) is 6.04 Å². The fourth-order valence-corrected chi connectivity index (χ4v) is 1.94. The average Bonchev–Trinajstić information content (AvgIpc) is 2.06. The second-order valence-corrected chi connectivity index (χ2v) is 4.67. The summed E-state index contributed by atoms with van der Waals surface area (Å²) < 4.78 is 5.66. The van der Waals surface area contributed by atoms with Crippen molar-refractivity contribution in [3.05, 3.63) is 0 Å². The van der Waals surface area contributed by atoms with Gasteiger partial charge >= 0.3 is 0 Å². The van der Waals surface area contributed by atoms with Crippen LogP contribution in [0.4, 0.5) is 0 Å². The molecule has 1 aliphatic carbocycles. The van der Waals surface area contributed by atoms with Crippen LogP contribution in [0.25, 0.3) is 0 Å². The molecule has 14 heavy (non-hydrogen) atoms. The van der Waals surface area contributed by atoms with Gasteiger partial charge in [0.2, 0.25) is 0 Å². The number of hydrogen-bond acceptors (Lipinski definition) is 2. The van der Waals surface area contributed by atoms with Gasteiger partial charge in [0.25, 0.3) is 0 Å².